The van der Waals surface area contributed by atoms with Crippen molar-refractivity contribution in [3.05, 3.63) is 18.0 Å². The van der Waals surface area contributed by atoms with Crippen LogP contribution in [0, 0.1) is 0 Å². The number of hydrogen-bond acceptors (Lipinski definition) is 4. The third-order valence-electron chi connectivity index (χ3n) is 2.38. The summed E-state index contributed by atoms with van der Waals surface area (Å²) in [6, 6.07) is 2.28. The Labute approximate surface area is 102 Å². The molecular formula is C12H22N2O3. The number of nitrogens with zero attached hydrogens (tertiary/aromatic N) is 2. The Kier molecular flexibility index (Phi) is 6.18. The Hall–Kier alpha value is -0.910. The average Bonchev–Trinajstić information content (AvgIpc) is 2.73. The summed E-state index contributed by atoms with van der Waals surface area (Å²) in [5, 5.41) is 14.1. The molecule has 0 saturated heterocycles. The highest BCUT2D eigenvalue weighted by Crippen LogP contribution is 2.06. The van der Waals surface area contributed by atoms with E-state index in [0.29, 0.717) is 32.3 Å². The lowest BCUT2D eigenvalue weighted by molar-refractivity contribution is 0.0133. The highest BCUT2D eigenvalue weighted by molar-refractivity contribution is 5.01. The maximum atomic E-state index is 9.73. The van der Waals surface area contributed by atoms with E-state index in [2.05, 4.69) is 18.9 Å². The molecule has 0 aromatic carbocycles. The number of hydrogen-bond donors (Lipinski definition) is 1. The van der Waals surface area contributed by atoms with E-state index in [0.717, 1.165) is 5.69 Å². The van der Waals surface area contributed by atoms with Crippen molar-refractivity contribution >= 4 is 0 Å². The molecule has 0 saturated carbocycles. The Morgan fingerprint density at radius 1 is 1.41 bits per heavy atom. The van der Waals surface area contributed by atoms with Crippen LogP contribution >= 0.6 is 0 Å². The van der Waals surface area contributed by atoms with Crippen LogP contribution in [0.1, 0.15) is 25.6 Å². The van der Waals surface area contributed by atoms with Gasteiger partial charge in [-0.15, -0.1) is 0 Å². The summed E-state index contributed by atoms with van der Waals surface area (Å²) in [5.74, 6) is 0. The Bertz CT molecular complexity index is 312. The van der Waals surface area contributed by atoms with Crippen LogP contribution in [-0.2, 0) is 15.9 Å². The molecule has 1 atom stereocenters. The molecule has 0 aliphatic rings. The molecular weight excluding hydrogens is 220 g/mol. The second-order valence-corrected chi connectivity index (χ2v) is 4.31. The summed E-state index contributed by atoms with van der Waals surface area (Å²) in [7, 11) is 1.62. The van der Waals surface area contributed by atoms with Crippen LogP contribution in [0.2, 0.25) is 0 Å². The van der Waals surface area contributed by atoms with Gasteiger partial charge in [-0.2, -0.15) is 5.10 Å². The van der Waals surface area contributed by atoms with Crippen LogP contribution in [0.3, 0.4) is 0 Å². The van der Waals surface area contributed by atoms with E-state index in [1.807, 2.05) is 16.9 Å². The third-order valence-corrected chi connectivity index (χ3v) is 2.38. The molecule has 1 aromatic rings. The fourth-order valence-electron chi connectivity index (χ4n) is 1.44. The lowest BCUT2D eigenvalue weighted by Crippen LogP contribution is -2.20. The van der Waals surface area contributed by atoms with E-state index in [1.54, 1.807) is 7.11 Å². The molecule has 0 amide bonds. The fourth-order valence-corrected chi connectivity index (χ4v) is 1.44. The molecule has 98 valence electrons. The minimum absolute atomic E-state index is 0.317. The van der Waals surface area contributed by atoms with E-state index in [-0.39, 0.29) is 0 Å². The molecule has 5 nitrogen and oxygen atoms in total. The summed E-state index contributed by atoms with van der Waals surface area (Å²) in [6.07, 6.45) is 1.94. The number of aliphatic hydroxyl groups is 1. The topological polar surface area (TPSA) is 56.5 Å². The second-order valence-electron chi connectivity index (χ2n) is 4.31. The summed E-state index contributed by atoms with van der Waals surface area (Å²) < 4.78 is 12.0. The van der Waals surface area contributed by atoms with E-state index in [9.17, 15) is 5.11 Å². The molecule has 0 aliphatic carbocycles. The molecule has 5 heteroatoms. The molecule has 1 aromatic heterocycles. The first kappa shape index (κ1) is 14.2. The van der Waals surface area contributed by atoms with Crippen molar-refractivity contribution in [1.82, 2.24) is 9.78 Å². The van der Waals surface area contributed by atoms with Crippen LogP contribution in [0.4, 0.5) is 0 Å². The molecule has 0 radical (unpaired) electrons. The van der Waals surface area contributed by atoms with Gasteiger partial charge in [0.25, 0.3) is 0 Å². The van der Waals surface area contributed by atoms with Crippen molar-refractivity contribution in [3.63, 3.8) is 0 Å². The predicted molar refractivity (Wildman–Crippen MR) is 65.0 cm³/mol. The van der Waals surface area contributed by atoms with E-state index < -0.39 is 6.10 Å². The number of methoxy groups -OCH3 is 1. The van der Waals surface area contributed by atoms with Crippen LogP contribution < -0.4 is 0 Å². The molecule has 0 fully saturated rings. The average molecular weight is 242 g/mol. The van der Waals surface area contributed by atoms with Gasteiger partial charge in [-0.25, -0.2) is 0 Å². The molecule has 0 spiro atoms. The monoisotopic (exact) mass is 242 g/mol. The molecule has 1 N–H and O–H groups in total. The zero-order chi connectivity index (χ0) is 12.7. The van der Waals surface area contributed by atoms with Crippen molar-refractivity contribution in [2.75, 3.05) is 26.9 Å². The Morgan fingerprint density at radius 2 is 2.18 bits per heavy atom. The van der Waals surface area contributed by atoms with Gasteiger partial charge in [-0.05, 0) is 19.9 Å². The number of rotatable bonds is 8. The van der Waals surface area contributed by atoms with E-state index in [4.69, 9.17) is 9.47 Å². The number of ether oxygens (including phenoxy) is 2. The van der Waals surface area contributed by atoms with Crippen LogP contribution in [0.5, 0.6) is 0 Å². The largest absolute Gasteiger partial charge is 0.390 e. The van der Waals surface area contributed by atoms with Crippen molar-refractivity contribution in [2.45, 2.75) is 32.4 Å². The van der Waals surface area contributed by atoms with E-state index in [1.165, 1.54) is 0 Å². The third kappa shape index (κ3) is 5.30. The van der Waals surface area contributed by atoms with Gasteiger partial charge in [-0.3, -0.25) is 4.68 Å². The first-order chi connectivity index (χ1) is 8.13. The van der Waals surface area contributed by atoms with Gasteiger partial charge in [0.1, 0.15) is 0 Å². The quantitative estimate of drug-likeness (QED) is 0.692. The Balaban J connectivity index is 2.27. The summed E-state index contributed by atoms with van der Waals surface area (Å²) in [4.78, 5) is 0. The van der Waals surface area contributed by atoms with Crippen LogP contribution in [0.15, 0.2) is 12.3 Å². The van der Waals surface area contributed by atoms with Gasteiger partial charge in [0.2, 0.25) is 0 Å². The Morgan fingerprint density at radius 3 is 2.76 bits per heavy atom. The highest BCUT2D eigenvalue weighted by atomic mass is 16.5. The van der Waals surface area contributed by atoms with Gasteiger partial charge < -0.3 is 14.6 Å². The van der Waals surface area contributed by atoms with Gasteiger partial charge in [-0.1, -0.05) is 0 Å². The molecule has 1 rings (SSSR count). The van der Waals surface area contributed by atoms with E-state index >= 15 is 0 Å². The maximum absolute atomic E-state index is 9.73. The number of aromatic nitrogens is 2. The van der Waals surface area contributed by atoms with Crippen molar-refractivity contribution in [1.29, 1.82) is 0 Å². The maximum Gasteiger partial charge on any atom is 0.0829 e. The molecule has 0 bridgehead atoms. The van der Waals surface area contributed by atoms with Gasteiger partial charge >= 0.3 is 0 Å². The smallest absolute Gasteiger partial charge is 0.0829 e. The normalized spacial score (nSPS) is 13.2. The van der Waals surface area contributed by atoms with Gasteiger partial charge in [0, 0.05) is 25.8 Å². The second kappa shape index (κ2) is 7.42. The molecule has 17 heavy (non-hydrogen) atoms. The van der Waals surface area contributed by atoms with Crippen LogP contribution in [-0.4, -0.2) is 47.9 Å². The molecule has 0 aliphatic heterocycles. The summed E-state index contributed by atoms with van der Waals surface area (Å²) in [5.41, 5.74) is 0.890. The minimum Gasteiger partial charge on any atom is -0.390 e. The summed E-state index contributed by atoms with van der Waals surface area (Å²) in [6.45, 7) is 5.52. The van der Waals surface area contributed by atoms with Crippen LogP contribution in [0.25, 0.3) is 0 Å². The zero-order valence-corrected chi connectivity index (χ0v) is 10.8. The van der Waals surface area contributed by atoms with Crippen molar-refractivity contribution in [2.24, 2.45) is 0 Å². The molecule has 1 unspecified atom stereocenters. The zero-order valence-electron chi connectivity index (χ0n) is 10.8. The lowest BCUT2D eigenvalue weighted by Gasteiger charge is -2.09. The predicted octanol–water partition coefficient (Wildman–Crippen LogP) is 1.03. The van der Waals surface area contributed by atoms with Crippen molar-refractivity contribution < 1.29 is 14.6 Å². The SMILES string of the molecule is COCCOCC(O)Cc1ccn(C(C)C)n1. The first-order valence-electron chi connectivity index (χ1n) is 5.92. The highest BCUT2D eigenvalue weighted by Gasteiger charge is 2.09. The minimum atomic E-state index is -0.512. The standard InChI is InChI=1S/C12H22N2O3/c1-10(2)14-5-4-11(13-14)8-12(15)9-17-7-6-16-3/h4-5,10,12,15H,6-9H2,1-3H3. The lowest BCUT2D eigenvalue weighted by atomic mass is 10.2. The molecule has 1 heterocycles. The first-order valence-corrected chi connectivity index (χ1v) is 5.92. The number of aliphatic hydroxyl groups excluding tert-OH is 1. The van der Waals surface area contributed by atoms with Crippen molar-refractivity contribution in [3.8, 4) is 0 Å². The van der Waals surface area contributed by atoms with Gasteiger partial charge in [0.15, 0.2) is 0 Å². The van der Waals surface area contributed by atoms with Gasteiger partial charge in [0.05, 0.1) is 31.6 Å². The fraction of sp³-hybridized carbons (Fsp3) is 0.750. The summed E-state index contributed by atoms with van der Waals surface area (Å²) >= 11 is 0.